The topological polar surface area (TPSA) is 59.1 Å². The number of aliphatic carboxylic acids is 1. The van der Waals surface area contributed by atoms with Gasteiger partial charge in [0.1, 0.15) is 0 Å². The lowest BCUT2D eigenvalue weighted by molar-refractivity contribution is -0.139. The van der Waals surface area contributed by atoms with Crippen LogP contribution in [0.25, 0.3) is 0 Å². The fourth-order valence-corrected chi connectivity index (χ4v) is 5.56. The van der Waals surface area contributed by atoms with Crippen molar-refractivity contribution in [3.63, 3.8) is 0 Å². The van der Waals surface area contributed by atoms with Crippen LogP contribution in [0.2, 0.25) is 0 Å². The summed E-state index contributed by atoms with van der Waals surface area (Å²) in [6, 6.07) is 8.45. The standard InChI is InChI=1S/C33H62N4O2/c1-29(2,3)34-26-18-16-25(17-19-26)23-36(31(7,8)9)27(22-28(38)39)24-35(30(4,5)6)20-21-37(32(10,11)12)33(13,14)15/h16-19,27,34H,20-24H2,1-15H3,(H,38,39). The summed E-state index contributed by atoms with van der Waals surface area (Å²) in [5, 5.41) is 13.5. The van der Waals surface area contributed by atoms with E-state index < -0.39 is 5.97 Å². The summed E-state index contributed by atoms with van der Waals surface area (Å²) >= 11 is 0. The molecule has 1 rings (SSSR count). The van der Waals surface area contributed by atoms with Crippen LogP contribution in [0.1, 0.15) is 116 Å². The summed E-state index contributed by atoms with van der Waals surface area (Å²) in [6.07, 6.45) is 0.107. The first-order valence-corrected chi connectivity index (χ1v) is 14.7. The molecule has 0 fully saturated rings. The molecule has 0 aliphatic heterocycles. The van der Waals surface area contributed by atoms with E-state index in [0.717, 1.165) is 18.8 Å². The maximum Gasteiger partial charge on any atom is 0.304 e. The molecule has 0 amide bonds. The summed E-state index contributed by atoms with van der Waals surface area (Å²) in [5.74, 6) is -0.751. The van der Waals surface area contributed by atoms with E-state index in [0.29, 0.717) is 13.1 Å². The van der Waals surface area contributed by atoms with Gasteiger partial charge in [-0.3, -0.25) is 19.5 Å². The normalized spacial score (nSPS) is 14.8. The summed E-state index contributed by atoms with van der Waals surface area (Å²) < 4.78 is 0. The number of nitrogens with one attached hydrogen (secondary N) is 1. The average Bonchev–Trinajstić information content (AvgIpc) is 2.66. The van der Waals surface area contributed by atoms with E-state index in [1.54, 1.807) is 0 Å². The molecule has 226 valence electrons. The van der Waals surface area contributed by atoms with Crippen LogP contribution >= 0.6 is 0 Å². The minimum absolute atomic E-state index is 0.00246. The highest BCUT2D eigenvalue weighted by atomic mass is 16.4. The quantitative estimate of drug-likeness (QED) is 0.303. The highest BCUT2D eigenvalue weighted by Gasteiger charge is 2.36. The summed E-state index contributed by atoms with van der Waals surface area (Å²) in [4.78, 5) is 19.6. The molecule has 0 bridgehead atoms. The maximum absolute atomic E-state index is 12.2. The molecule has 2 N–H and O–H groups in total. The fourth-order valence-electron chi connectivity index (χ4n) is 5.56. The van der Waals surface area contributed by atoms with Crippen molar-refractivity contribution in [1.82, 2.24) is 14.7 Å². The predicted molar refractivity (Wildman–Crippen MR) is 169 cm³/mol. The Bertz CT molecular complexity index is 877. The molecule has 0 heterocycles. The molecule has 0 aliphatic rings. The Kier molecular flexibility index (Phi) is 11.7. The fraction of sp³-hybridized carbons (Fsp3) is 0.788. The van der Waals surface area contributed by atoms with Crippen LogP contribution in [-0.2, 0) is 11.3 Å². The zero-order chi connectivity index (χ0) is 30.6. The van der Waals surface area contributed by atoms with Gasteiger partial charge >= 0.3 is 5.97 Å². The molecule has 1 aromatic rings. The number of carbonyl (C=O) groups is 1. The number of anilines is 1. The Balaban J connectivity index is 3.31. The molecule has 0 aliphatic carbocycles. The van der Waals surface area contributed by atoms with Crippen LogP contribution in [0.5, 0.6) is 0 Å². The number of hydrogen-bond donors (Lipinski definition) is 2. The number of rotatable bonds is 11. The van der Waals surface area contributed by atoms with E-state index in [-0.39, 0.29) is 40.2 Å². The summed E-state index contributed by atoms with van der Waals surface area (Å²) in [5.41, 5.74) is 2.06. The van der Waals surface area contributed by atoms with Crippen LogP contribution in [-0.4, -0.2) is 79.1 Å². The second-order valence-corrected chi connectivity index (χ2v) is 16.2. The second kappa shape index (κ2) is 12.9. The Labute approximate surface area is 241 Å². The monoisotopic (exact) mass is 546 g/mol. The van der Waals surface area contributed by atoms with Crippen LogP contribution in [0.4, 0.5) is 5.69 Å². The third-order valence-electron chi connectivity index (χ3n) is 7.13. The maximum atomic E-state index is 12.2. The van der Waals surface area contributed by atoms with Gasteiger partial charge in [0.05, 0.1) is 6.42 Å². The first kappa shape index (κ1) is 35.4. The second-order valence-electron chi connectivity index (χ2n) is 16.2. The Morgan fingerprint density at radius 1 is 0.744 bits per heavy atom. The molecule has 1 aromatic carbocycles. The predicted octanol–water partition coefficient (Wildman–Crippen LogP) is 7.34. The molecule has 6 heteroatoms. The summed E-state index contributed by atoms with van der Waals surface area (Å²) in [6.45, 7) is 36.6. The molecule has 0 aromatic heterocycles. The van der Waals surface area contributed by atoms with Gasteiger partial charge in [0.15, 0.2) is 0 Å². The minimum Gasteiger partial charge on any atom is -0.481 e. The van der Waals surface area contributed by atoms with E-state index in [4.69, 9.17) is 0 Å². The van der Waals surface area contributed by atoms with E-state index in [9.17, 15) is 9.90 Å². The highest BCUT2D eigenvalue weighted by molar-refractivity contribution is 5.67. The zero-order valence-corrected chi connectivity index (χ0v) is 28.1. The Morgan fingerprint density at radius 2 is 1.23 bits per heavy atom. The van der Waals surface area contributed by atoms with Gasteiger partial charge < -0.3 is 10.4 Å². The summed E-state index contributed by atoms with van der Waals surface area (Å²) in [7, 11) is 0. The molecule has 0 radical (unpaired) electrons. The van der Waals surface area contributed by atoms with Crippen molar-refractivity contribution < 1.29 is 9.90 Å². The number of nitrogens with zero attached hydrogens (tertiary/aromatic N) is 3. The van der Waals surface area contributed by atoms with Gasteiger partial charge in [0, 0.05) is 65.6 Å². The van der Waals surface area contributed by atoms with Gasteiger partial charge in [-0.15, -0.1) is 0 Å². The third-order valence-corrected chi connectivity index (χ3v) is 7.13. The van der Waals surface area contributed by atoms with Crippen LogP contribution < -0.4 is 5.32 Å². The van der Waals surface area contributed by atoms with Gasteiger partial charge in [-0.05, 0) is 122 Å². The molecule has 0 saturated heterocycles. The van der Waals surface area contributed by atoms with Crippen LogP contribution in [0, 0.1) is 0 Å². The smallest absolute Gasteiger partial charge is 0.304 e. The van der Waals surface area contributed by atoms with Crippen molar-refractivity contribution in [3.05, 3.63) is 29.8 Å². The zero-order valence-electron chi connectivity index (χ0n) is 28.1. The van der Waals surface area contributed by atoms with Gasteiger partial charge in [0.2, 0.25) is 0 Å². The molecule has 1 unspecified atom stereocenters. The van der Waals surface area contributed by atoms with Crippen molar-refractivity contribution in [3.8, 4) is 0 Å². The van der Waals surface area contributed by atoms with Crippen molar-refractivity contribution in [1.29, 1.82) is 0 Å². The lowest BCUT2D eigenvalue weighted by atomic mass is 9.95. The average molecular weight is 547 g/mol. The van der Waals surface area contributed by atoms with Crippen molar-refractivity contribution in [2.45, 2.75) is 151 Å². The molecule has 39 heavy (non-hydrogen) atoms. The molecular formula is C33H62N4O2. The Morgan fingerprint density at radius 3 is 1.59 bits per heavy atom. The van der Waals surface area contributed by atoms with E-state index >= 15 is 0 Å². The van der Waals surface area contributed by atoms with Crippen LogP contribution in [0.15, 0.2) is 24.3 Å². The van der Waals surface area contributed by atoms with Gasteiger partial charge in [-0.1, -0.05) is 12.1 Å². The van der Waals surface area contributed by atoms with E-state index in [1.807, 2.05) is 0 Å². The molecule has 0 spiro atoms. The van der Waals surface area contributed by atoms with Crippen molar-refractivity contribution in [2.75, 3.05) is 25.0 Å². The van der Waals surface area contributed by atoms with Crippen LogP contribution in [0.3, 0.4) is 0 Å². The first-order valence-electron chi connectivity index (χ1n) is 14.7. The Hall–Kier alpha value is -1.63. The largest absolute Gasteiger partial charge is 0.481 e. The number of benzene rings is 1. The van der Waals surface area contributed by atoms with Gasteiger partial charge in [0.25, 0.3) is 0 Å². The number of carboxylic acids is 1. The molecule has 0 saturated carbocycles. The first-order chi connectivity index (χ1) is 17.3. The highest BCUT2D eigenvalue weighted by Crippen LogP contribution is 2.28. The van der Waals surface area contributed by atoms with E-state index in [1.165, 1.54) is 5.56 Å². The number of hydrogen-bond acceptors (Lipinski definition) is 5. The molecule has 1 atom stereocenters. The van der Waals surface area contributed by atoms with Gasteiger partial charge in [-0.2, -0.15) is 0 Å². The van der Waals surface area contributed by atoms with Crippen molar-refractivity contribution in [2.24, 2.45) is 0 Å². The van der Waals surface area contributed by atoms with Crippen molar-refractivity contribution >= 4 is 11.7 Å². The molecule has 6 nitrogen and oxygen atoms in total. The third kappa shape index (κ3) is 12.6. The lowest BCUT2D eigenvalue weighted by Gasteiger charge is -2.49. The number of carboxylic acid groups (broad SMARTS) is 1. The van der Waals surface area contributed by atoms with Gasteiger partial charge in [-0.25, -0.2) is 0 Å². The molecular weight excluding hydrogens is 484 g/mol. The minimum atomic E-state index is -0.751. The lowest BCUT2D eigenvalue weighted by Crippen LogP contribution is -2.59. The van der Waals surface area contributed by atoms with E-state index in [2.05, 4.69) is 148 Å². The SMILES string of the molecule is CC(C)(C)Nc1ccc(CN(C(CC(=O)O)CN(CCN(C(C)(C)C)C(C)(C)C)C(C)(C)C)C(C)(C)C)cc1.